The number of nitrogens with two attached hydrogens (primary N) is 2. The second kappa shape index (κ2) is 4.81. The predicted octanol–water partition coefficient (Wildman–Crippen LogP) is -1.76. The normalized spacial score (nSPS) is 10.9. The molecule has 0 fully saturated rings. The van der Waals surface area contributed by atoms with E-state index in [0.29, 0.717) is 31.8 Å². The molecule has 2 aromatic heterocycles. The van der Waals surface area contributed by atoms with Crippen molar-refractivity contribution >= 4 is 11.5 Å². The van der Waals surface area contributed by atoms with E-state index in [-0.39, 0.29) is 0 Å². The number of nitrogens with zero attached hydrogens (tertiary/aromatic N) is 6. The summed E-state index contributed by atoms with van der Waals surface area (Å²) in [6, 6.07) is 0. The van der Waals surface area contributed by atoms with Crippen molar-refractivity contribution in [1.29, 1.82) is 0 Å². The Labute approximate surface area is 92.2 Å². The smallest absolute Gasteiger partial charge is 0.199 e. The number of tetrazole rings is 1. The lowest BCUT2D eigenvalue weighted by Crippen LogP contribution is -2.35. The molecule has 0 amide bonds. The quantitative estimate of drug-likeness (QED) is 0.616. The molecular formula is C8H14N8. The van der Waals surface area contributed by atoms with Crippen LogP contribution in [-0.4, -0.2) is 51.2 Å². The molecule has 2 rings (SSSR count). The van der Waals surface area contributed by atoms with Crippen molar-refractivity contribution in [1.82, 2.24) is 25.0 Å². The van der Waals surface area contributed by atoms with Gasteiger partial charge in [0.1, 0.15) is 0 Å². The highest BCUT2D eigenvalue weighted by Crippen LogP contribution is 2.11. The van der Waals surface area contributed by atoms with Gasteiger partial charge in [0.25, 0.3) is 0 Å². The minimum atomic E-state index is 0.540. The zero-order valence-corrected chi connectivity index (χ0v) is 8.82. The van der Waals surface area contributed by atoms with Gasteiger partial charge in [0.05, 0.1) is 12.4 Å². The molecule has 0 saturated heterocycles. The lowest BCUT2D eigenvalue weighted by molar-refractivity contribution is 0.729. The summed E-state index contributed by atoms with van der Waals surface area (Å²) in [5.41, 5.74) is 11.7. The van der Waals surface area contributed by atoms with Gasteiger partial charge in [0, 0.05) is 26.2 Å². The Balaban J connectivity index is 2.38. The molecule has 2 aromatic rings. The lowest BCUT2D eigenvalue weighted by atomic mass is 10.4. The first-order valence-electron chi connectivity index (χ1n) is 5.04. The number of fused-ring (bicyclic) bond motifs is 1. The van der Waals surface area contributed by atoms with Crippen LogP contribution < -0.4 is 16.4 Å². The highest BCUT2D eigenvalue weighted by Gasteiger charge is 2.10. The van der Waals surface area contributed by atoms with E-state index in [0.717, 1.165) is 5.82 Å². The molecule has 0 radical (unpaired) electrons. The van der Waals surface area contributed by atoms with E-state index < -0.39 is 0 Å². The van der Waals surface area contributed by atoms with Crippen LogP contribution in [0.25, 0.3) is 5.65 Å². The second-order valence-electron chi connectivity index (χ2n) is 3.28. The summed E-state index contributed by atoms with van der Waals surface area (Å²) in [6.45, 7) is 2.47. The molecule has 0 aliphatic rings. The number of hydrogen-bond donors (Lipinski definition) is 2. The van der Waals surface area contributed by atoms with Crippen LogP contribution in [0.15, 0.2) is 12.4 Å². The van der Waals surface area contributed by atoms with E-state index in [2.05, 4.69) is 20.5 Å². The molecule has 16 heavy (non-hydrogen) atoms. The first-order valence-corrected chi connectivity index (χ1v) is 5.04. The summed E-state index contributed by atoms with van der Waals surface area (Å²) < 4.78 is 1.62. The molecule has 8 nitrogen and oxygen atoms in total. The second-order valence-corrected chi connectivity index (χ2v) is 3.28. The Morgan fingerprint density at radius 2 is 1.94 bits per heavy atom. The van der Waals surface area contributed by atoms with E-state index in [1.807, 2.05) is 4.90 Å². The maximum absolute atomic E-state index is 5.55. The van der Waals surface area contributed by atoms with Crippen molar-refractivity contribution in [3.63, 3.8) is 0 Å². The van der Waals surface area contributed by atoms with Gasteiger partial charge in [-0.2, -0.15) is 4.52 Å². The largest absolute Gasteiger partial charge is 0.353 e. The van der Waals surface area contributed by atoms with Crippen LogP contribution in [0.5, 0.6) is 0 Å². The number of aromatic nitrogens is 5. The molecule has 8 heteroatoms. The van der Waals surface area contributed by atoms with Gasteiger partial charge in [-0.25, -0.2) is 0 Å². The van der Waals surface area contributed by atoms with Gasteiger partial charge in [0.2, 0.25) is 0 Å². The van der Waals surface area contributed by atoms with Crippen molar-refractivity contribution in [2.75, 3.05) is 31.1 Å². The minimum absolute atomic E-state index is 0.540. The molecule has 0 unspecified atom stereocenters. The molecule has 0 saturated carbocycles. The molecule has 0 spiro atoms. The average molecular weight is 222 g/mol. The first-order chi connectivity index (χ1) is 7.86. The van der Waals surface area contributed by atoms with Gasteiger partial charge in [-0.1, -0.05) is 0 Å². The Kier molecular flexibility index (Phi) is 3.22. The zero-order valence-electron chi connectivity index (χ0n) is 8.82. The van der Waals surface area contributed by atoms with Crippen molar-refractivity contribution in [2.24, 2.45) is 11.5 Å². The van der Waals surface area contributed by atoms with Crippen molar-refractivity contribution in [3.05, 3.63) is 12.4 Å². The molecule has 0 bridgehead atoms. The van der Waals surface area contributed by atoms with Gasteiger partial charge in [-0.05, 0) is 10.4 Å². The fourth-order valence-electron chi connectivity index (χ4n) is 1.53. The third-order valence-corrected chi connectivity index (χ3v) is 2.21. The summed E-state index contributed by atoms with van der Waals surface area (Å²) >= 11 is 0. The highest BCUT2D eigenvalue weighted by molar-refractivity contribution is 5.45. The molecule has 2 heterocycles. The molecular weight excluding hydrogens is 208 g/mol. The molecule has 0 atom stereocenters. The summed E-state index contributed by atoms with van der Waals surface area (Å²) in [5, 5.41) is 11.3. The molecule has 0 aliphatic carbocycles. The fourth-order valence-corrected chi connectivity index (χ4v) is 1.53. The summed E-state index contributed by atoms with van der Waals surface area (Å²) in [5.74, 6) is 0.804. The Morgan fingerprint density at radius 1 is 1.19 bits per heavy atom. The summed E-state index contributed by atoms with van der Waals surface area (Å²) in [6.07, 6.45) is 3.31. The Morgan fingerprint density at radius 3 is 2.62 bits per heavy atom. The number of anilines is 1. The van der Waals surface area contributed by atoms with E-state index in [9.17, 15) is 0 Å². The zero-order chi connectivity index (χ0) is 11.4. The van der Waals surface area contributed by atoms with E-state index in [1.165, 1.54) is 0 Å². The van der Waals surface area contributed by atoms with Crippen molar-refractivity contribution < 1.29 is 0 Å². The third kappa shape index (κ3) is 1.92. The van der Waals surface area contributed by atoms with Crippen LogP contribution in [0, 0.1) is 0 Å². The van der Waals surface area contributed by atoms with Crippen molar-refractivity contribution in [3.8, 4) is 0 Å². The van der Waals surface area contributed by atoms with Gasteiger partial charge >= 0.3 is 0 Å². The van der Waals surface area contributed by atoms with Gasteiger partial charge in [0.15, 0.2) is 11.5 Å². The SMILES string of the molecule is NCCN(CCN)c1cncc2nnnn12. The van der Waals surface area contributed by atoms with Crippen molar-refractivity contribution in [2.45, 2.75) is 0 Å². The topological polar surface area (TPSA) is 111 Å². The highest BCUT2D eigenvalue weighted by atomic mass is 15.5. The molecule has 86 valence electrons. The predicted molar refractivity (Wildman–Crippen MR) is 58.9 cm³/mol. The Hall–Kier alpha value is -1.80. The van der Waals surface area contributed by atoms with E-state index >= 15 is 0 Å². The molecule has 0 aliphatic heterocycles. The third-order valence-electron chi connectivity index (χ3n) is 2.21. The van der Waals surface area contributed by atoms with E-state index in [1.54, 1.807) is 16.9 Å². The summed E-state index contributed by atoms with van der Waals surface area (Å²) in [7, 11) is 0. The minimum Gasteiger partial charge on any atom is -0.353 e. The van der Waals surface area contributed by atoms with Gasteiger partial charge in [-0.15, -0.1) is 5.10 Å². The van der Waals surface area contributed by atoms with Crippen LogP contribution in [0.1, 0.15) is 0 Å². The maximum atomic E-state index is 5.55. The number of hydrogen-bond acceptors (Lipinski definition) is 7. The first kappa shape index (κ1) is 10.7. The number of rotatable bonds is 5. The maximum Gasteiger partial charge on any atom is 0.199 e. The average Bonchev–Trinajstić information content (AvgIpc) is 2.76. The van der Waals surface area contributed by atoms with Crippen LogP contribution >= 0.6 is 0 Å². The van der Waals surface area contributed by atoms with Gasteiger partial charge in [-0.3, -0.25) is 4.98 Å². The Bertz CT molecular complexity index is 446. The van der Waals surface area contributed by atoms with Crippen LogP contribution in [0.2, 0.25) is 0 Å². The van der Waals surface area contributed by atoms with Crippen LogP contribution in [0.3, 0.4) is 0 Å². The fraction of sp³-hybridized carbons (Fsp3) is 0.500. The monoisotopic (exact) mass is 222 g/mol. The van der Waals surface area contributed by atoms with Crippen LogP contribution in [-0.2, 0) is 0 Å². The van der Waals surface area contributed by atoms with Crippen LogP contribution in [0.4, 0.5) is 5.82 Å². The molecule has 0 aromatic carbocycles. The lowest BCUT2D eigenvalue weighted by Gasteiger charge is -2.22. The molecule has 4 N–H and O–H groups in total. The van der Waals surface area contributed by atoms with E-state index in [4.69, 9.17) is 11.5 Å². The van der Waals surface area contributed by atoms with Gasteiger partial charge < -0.3 is 16.4 Å². The summed E-state index contributed by atoms with van der Waals surface area (Å²) in [4.78, 5) is 6.09. The standard InChI is InChI=1S/C8H14N8/c9-1-3-15(4-2-10)8-6-11-5-7-12-13-14-16(7)8/h5-6H,1-4,9-10H2.